The molecule has 0 saturated heterocycles. The molecule has 0 aliphatic heterocycles. The Morgan fingerprint density at radius 2 is 2.00 bits per heavy atom. The van der Waals surface area contributed by atoms with E-state index in [1.165, 1.54) is 10.9 Å². The minimum atomic E-state index is -0.538. The molecule has 12 heteroatoms. The van der Waals surface area contributed by atoms with Crippen molar-refractivity contribution in [1.29, 1.82) is 0 Å². The molecule has 1 amide bonds. The number of aromatic nitrogens is 5. The Labute approximate surface area is 193 Å². The summed E-state index contributed by atoms with van der Waals surface area (Å²) in [6, 6.07) is 7.49. The standard InChI is InChI=1S/C21H20ClN7O4/c1-12-19(13(2)28(25-12)9-15-6-4-5-7-18(15)22)24-21(30)20-17(14(3)33-26-20)11-27-10-16(8-23-27)29(31)32/h4-8,10H,9,11H2,1-3H3,(H,24,30). The van der Waals surface area contributed by atoms with Crippen molar-refractivity contribution in [2.24, 2.45) is 0 Å². The molecular weight excluding hydrogens is 450 g/mol. The summed E-state index contributed by atoms with van der Waals surface area (Å²) in [7, 11) is 0. The average molecular weight is 470 g/mol. The highest BCUT2D eigenvalue weighted by atomic mass is 35.5. The first-order chi connectivity index (χ1) is 15.7. The van der Waals surface area contributed by atoms with Crippen LogP contribution >= 0.6 is 11.6 Å². The Bertz CT molecular complexity index is 1350. The molecule has 1 aromatic carbocycles. The predicted molar refractivity (Wildman–Crippen MR) is 119 cm³/mol. The highest BCUT2D eigenvalue weighted by molar-refractivity contribution is 6.31. The van der Waals surface area contributed by atoms with E-state index in [1.54, 1.807) is 18.5 Å². The Hall–Kier alpha value is -3.99. The van der Waals surface area contributed by atoms with Gasteiger partial charge in [0.25, 0.3) is 5.91 Å². The molecule has 0 radical (unpaired) electrons. The molecule has 0 aliphatic carbocycles. The zero-order chi connectivity index (χ0) is 23.7. The van der Waals surface area contributed by atoms with Gasteiger partial charge in [0, 0.05) is 10.6 Å². The molecule has 1 N–H and O–H groups in total. The van der Waals surface area contributed by atoms with Crippen LogP contribution in [0.25, 0.3) is 0 Å². The van der Waals surface area contributed by atoms with Gasteiger partial charge in [0.15, 0.2) is 5.69 Å². The predicted octanol–water partition coefficient (Wildman–Crippen LogP) is 3.90. The largest absolute Gasteiger partial charge is 0.361 e. The average Bonchev–Trinajstić information content (AvgIpc) is 3.46. The summed E-state index contributed by atoms with van der Waals surface area (Å²) in [6.07, 6.45) is 2.42. The van der Waals surface area contributed by atoms with Crippen molar-refractivity contribution in [1.82, 2.24) is 24.7 Å². The first-order valence-electron chi connectivity index (χ1n) is 9.95. The van der Waals surface area contributed by atoms with Gasteiger partial charge in [-0.05, 0) is 32.4 Å². The molecule has 170 valence electrons. The zero-order valence-electron chi connectivity index (χ0n) is 18.1. The molecule has 0 bridgehead atoms. The molecule has 0 unspecified atom stereocenters. The number of aryl methyl sites for hydroxylation is 2. The molecule has 0 aliphatic rings. The van der Waals surface area contributed by atoms with Gasteiger partial charge >= 0.3 is 5.69 Å². The highest BCUT2D eigenvalue weighted by Crippen LogP contribution is 2.24. The molecule has 0 saturated carbocycles. The van der Waals surface area contributed by atoms with E-state index in [4.69, 9.17) is 16.1 Å². The van der Waals surface area contributed by atoms with E-state index in [9.17, 15) is 14.9 Å². The highest BCUT2D eigenvalue weighted by Gasteiger charge is 2.24. The molecule has 33 heavy (non-hydrogen) atoms. The molecule has 3 heterocycles. The Morgan fingerprint density at radius 3 is 2.70 bits per heavy atom. The molecule has 4 aromatic rings. The van der Waals surface area contributed by atoms with E-state index >= 15 is 0 Å². The van der Waals surface area contributed by atoms with Crippen molar-refractivity contribution in [2.45, 2.75) is 33.9 Å². The summed E-state index contributed by atoms with van der Waals surface area (Å²) in [5.74, 6) is -0.0619. The van der Waals surface area contributed by atoms with Crippen LogP contribution in [0.3, 0.4) is 0 Å². The second-order valence-corrected chi connectivity index (χ2v) is 7.88. The van der Waals surface area contributed by atoms with E-state index in [-0.39, 0.29) is 17.9 Å². The molecule has 0 fully saturated rings. The minimum absolute atomic E-state index is 0.0725. The first kappa shape index (κ1) is 22.2. The summed E-state index contributed by atoms with van der Waals surface area (Å²) in [4.78, 5) is 23.4. The maximum Gasteiger partial charge on any atom is 0.307 e. The van der Waals surface area contributed by atoms with Gasteiger partial charge in [0.2, 0.25) is 0 Å². The quantitative estimate of drug-likeness (QED) is 0.320. The number of amides is 1. The lowest BCUT2D eigenvalue weighted by Gasteiger charge is -2.08. The van der Waals surface area contributed by atoms with Crippen molar-refractivity contribution in [3.05, 3.63) is 85.8 Å². The number of anilines is 1. The maximum atomic E-state index is 13.0. The Morgan fingerprint density at radius 1 is 1.24 bits per heavy atom. The normalized spacial score (nSPS) is 11.0. The Balaban J connectivity index is 1.56. The van der Waals surface area contributed by atoms with Gasteiger partial charge in [-0.1, -0.05) is 35.0 Å². The summed E-state index contributed by atoms with van der Waals surface area (Å²) >= 11 is 6.27. The van der Waals surface area contributed by atoms with E-state index in [2.05, 4.69) is 20.7 Å². The molecule has 4 rings (SSSR count). The smallest absolute Gasteiger partial charge is 0.307 e. The third-order valence-corrected chi connectivity index (χ3v) is 5.62. The number of carbonyl (C=O) groups is 1. The third-order valence-electron chi connectivity index (χ3n) is 5.25. The SMILES string of the molecule is Cc1nn(Cc2ccccc2Cl)c(C)c1NC(=O)c1noc(C)c1Cn1cc([N+](=O)[O-])cn1. The van der Waals surface area contributed by atoms with Crippen LogP contribution in [-0.2, 0) is 13.1 Å². The molecule has 11 nitrogen and oxygen atoms in total. The summed E-state index contributed by atoms with van der Waals surface area (Å²) < 4.78 is 8.34. The van der Waals surface area contributed by atoms with Crippen molar-refractivity contribution >= 4 is 28.9 Å². The number of nitro groups is 1. The van der Waals surface area contributed by atoms with Gasteiger partial charge < -0.3 is 9.84 Å². The van der Waals surface area contributed by atoms with Gasteiger partial charge in [0.1, 0.15) is 18.2 Å². The van der Waals surface area contributed by atoms with Crippen LogP contribution in [0.2, 0.25) is 5.02 Å². The fourth-order valence-electron chi connectivity index (χ4n) is 3.44. The number of hydrogen-bond donors (Lipinski definition) is 1. The van der Waals surface area contributed by atoms with Crippen molar-refractivity contribution < 1.29 is 14.2 Å². The summed E-state index contributed by atoms with van der Waals surface area (Å²) in [6.45, 7) is 5.85. The van der Waals surface area contributed by atoms with Crippen molar-refractivity contribution in [3.63, 3.8) is 0 Å². The molecule has 0 spiro atoms. The lowest BCUT2D eigenvalue weighted by molar-refractivity contribution is -0.385. The number of nitrogens with one attached hydrogen (secondary N) is 1. The van der Waals surface area contributed by atoms with E-state index in [1.807, 2.05) is 31.2 Å². The number of hydrogen-bond acceptors (Lipinski definition) is 7. The number of benzene rings is 1. The number of carbonyl (C=O) groups excluding carboxylic acids is 1. The van der Waals surface area contributed by atoms with Gasteiger partial charge in [-0.15, -0.1) is 0 Å². The lowest BCUT2D eigenvalue weighted by Crippen LogP contribution is -2.17. The van der Waals surface area contributed by atoms with E-state index in [0.29, 0.717) is 34.3 Å². The molecular formula is C21H20ClN7O4. The fraction of sp³-hybridized carbons (Fsp3) is 0.238. The third kappa shape index (κ3) is 4.48. The van der Waals surface area contributed by atoms with Gasteiger partial charge in [-0.3, -0.25) is 24.3 Å². The van der Waals surface area contributed by atoms with Crippen LogP contribution < -0.4 is 5.32 Å². The van der Waals surface area contributed by atoms with Crippen molar-refractivity contribution in [3.8, 4) is 0 Å². The number of halogens is 1. The van der Waals surface area contributed by atoms with E-state index < -0.39 is 10.8 Å². The van der Waals surface area contributed by atoms with Gasteiger partial charge in [0.05, 0.1) is 35.1 Å². The fourth-order valence-corrected chi connectivity index (χ4v) is 3.64. The minimum Gasteiger partial charge on any atom is -0.361 e. The van der Waals surface area contributed by atoms with Crippen LogP contribution in [0.4, 0.5) is 11.4 Å². The number of nitrogens with zero attached hydrogens (tertiary/aromatic N) is 6. The second kappa shape index (κ2) is 8.87. The van der Waals surface area contributed by atoms with Gasteiger partial charge in [-0.25, -0.2) is 0 Å². The maximum absolute atomic E-state index is 13.0. The monoisotopic (exact) mass is 469 g/mol. The lowest BCUT2D eigenvalue weighted by atomic mass is 10.1. The number of rotatable bonds is 7. The first-order valence-corrected chi connectivity index (χ1v) is 10.3. The topological polar surface area (TPSA) is 134 Å². The van der Waals surface area contributed by atoms with Crippen LogP contribution in [0.1, 0.15) is 38.8 Å². The van der Waals surface area contributed by atoms with Crippen LogP contribution in [0.5, 0.6) is 0 Å². The summed E-state index contributed by atoms with van der Waals surface area (Å²) in [5, 5.41) is 26.8. The van der Waals surface area contributed by atoms with Crippen molar-refractivity contribution in [2.75, 3.05) is 5.32 Å². The zero-order valence-corrected chi connectivity index (χ0v) is 18.8. The molecule has 0 atom stereocenters. The van der Waals surface area contributed by atoms with Gasteiger partial charge in [-0.2, -0.15) is 10.2 Å². The van der Waals surface area contributed by atoms with Crippen LogP contribution in [0.15, 0.2) is 41.2 Å². The Kier molecular flexibility index (Phi) is 5.97. The van der Waals surface area contributed by atoms with Crippen LogP contribution in [0, 0.1) is 30.9 Å². The summed E-state index contributed by atoms with van der Waals surface area (Å²) in [5.41, 5.74) is 3.27. The second-order valence-electron chi connectivity index (χ2n) is 7.47. The van der Waals surface area contributed by atoms with E-state index in [0.717, 1.165) is 17.5 Å². The van der Waals surface area contributed by atoms with Crippen LogP contribution in [-0.4, -0.2) is 35.5 Å². The molecule has 3 aromatic heterocycles.